The molecule has 8 nitrogen and oxygen atoms in total. The van der Waals surface area contributed by atoms with Gasteiger partial charge in [0.15, 0.2) is 5.96 Å². The van der Waals surface area contributed by atoms with Gasteiger partial charge in [0.1, 0.15) is 12.6 Å². The van der Waals surface area contributed by atoms with Crippen LogP contribution in [0.25, 0.3) is 0 Å². The maximum absolute atomic E-state index is 12.1. The molecule has 0 aromatic heterocycles. The summed E-state index contributed by atoms with van der Waals surface area (Å²) in [6.07, 6.45) is 1.02. The van der Waals surface area contributed by atoms with E-state index in [4.69, 9.17) is 9.47 Å². The number of hydrogen-bond acceptors (Lipinski definition) is 5. The number of guanidine groups is 1. The van der Waals surface area contributed by atoms with E-state index in [-0.39, 0.29) is 42.5 Å². The minimum atomic E-state index is -0.00340. The van der Waals surface area contributed by atoms with Crippen LogP contribution in [0.5, 0.6) is 0 Å². The van der Waals surface area contributed by atoms with Crippen LogP contribution in [0, 0.1) is 6.92 Å². The van der Waals surface area contributed by atoms with E-state index >= 15 is 0 Å². The summed E-state index contributed by atoms with van der Waals surface area (Å²) in [5, 5.41) is 3.50. The number of amides is 1. The molecule has 0 saturated carbocycles. The summed E-state index contributed by atoms with van der Waals surface area (Å²) in [6, 6.07) is 8.35. The Morgan fingerprint density at radius 2 is 1.94 bits per heavy atom. The van der Waals surface area contributed by atoms with Crippen LogP contribution in [0.4, 0.5) is 0 Å². The largest absolute Gasteiger partial charge is 0.379 e. The van der Waals surface area contributed by atoms with Gasteiger partial charge >= 0.3 is 0 Å². The fourth-order valence-electron chi connectivity index (χ4n) is 3.86. The predicted octanol–water partition coefficient (Wildman–Crippen LogP) is 1.74. The van der Waals surface area contributed by atoms with Crippen LogP contribution in [0.3, 0.4) is 0 Å². The molecule has 2 heterocycles. The quantitative estimate of drug-likeness (QED) is 0.238. The minimum absolute atomic E-state index is 0. The highest BCUT2D eigenvalue weighted by Gasteiger charge is 2.25. The molecule has 1 aromatic carbocycles. The Balaban J connectivity index is 0.00000363. The van der Waals surface area contributed by atoms with Gasteiger partial charge < -0.3 is 24.6 Å². The van der Waals surface area contributed by atoms with Gasteiger partial charge in [-0.15, -0.1) is 24.0 Å². The first-order valence-electron chi connectivity index (χ1n) is 11.2. The summed E-state index contributed by atoms with van der Waals surface area (Å²) in [5.74, 6) is 0.787. The summed E-state index contributed by atoms with van der Waals surface area (Å²) in [5.41, 5.74) is 2.44. The summed E-state index contributed by atoms with van der Waals surface area (Å²) in [6.45, 7) is 9.87. The molecule has 3 rings (SSSR count). The normalized spacial score (nSPS) is 19.9. The Morgan fingerprint density at radius 3 is 2.66 bits per heavy atom. The number of aliphatic imine (C=N–C) groups is 1. The molecular weight excluding hydrogens is 521 g/mol. The molecule has 2 aliphatic heterocycles. The van der Waals surface area contributed by atoms with Crippen LogP contribution in [0.1, 0.15) is 23.7 Å². The van der Waals surface area contributed by atoms with Gasteiger partial charge in [-0.25, -0.2) is 4.99 Å². The van der Waals surface area contributed by atoms with Crippen molar-refractivity contribution >= 4 is 35.8 Å². The van der Waals surface area contributed by atoms with Gasteiger partial charge in [0.25, 0.3) is 0 Å². The zero-order valence-electron chi connectivity index (χ0n) is 19.6. The average Bonchev–Trinajstić information content (AvgIpc) is 2.79. The highest BCUT2D eigenvalue weighted by Crippen LogP contribution is 2.25. The van der Waals surface area contributed by atoms with Crippen LogP contribution in [0.15, 0.2) is 29.3 Å². The highest BCUT2D eigenvalue weighted by molar-refractivity contribution is 14.0. The number of carbonyl (C=O) groups is 1. The first kappa shape index (κ1) is 26.8. The number of carbonyl (C=O) groups excluding carboxylic acids is 1. The van der Waals surface area contributed by atoms with Gasteiger partial charge in [-0.1, -0.05) is 24.3 Å². The van der Waals surface area contributed by atoms with Crippen molar-refractivity contribution in [2.45, 2.75) is 19.4 Å². The Hall–Kier alpha value is -1.43. The molecular formula is C23H38IN5O3. The zero-order chi connectivity index (χ0) is 22.1. The number of morpholine rings is 2. The number of halogens is 1. The van der Waals surface area contributed by atoms with Crippen molar-refractivity contribution in [1.82, 2.24) is 20.0 Å². The zero-order valence-corrected chi connectivity index (χ0v) is 21.9. The van der Waals surface area contributed by atoms with Crippen molar-refractivity contribution < 1.29 is 14.3 Å². The van der Waals surface area contributed by atoms with Gasteiger partial charge in [0, 0.05) is 40.3 Å². The SMILES string of the molecule is Cc1ccccc1C1CN(C(=NCC(=O)N(C)C)NCCCN2CCOCC2)CCO1.I. The highest BCUT2D eigenvalue weighted by atomic mass is 127. The lowest BCUT2D eigenvalue weighted by Crippen LogP contribution is -2.49. The third-order valence-corrected chi connectivity index (χ3v) is 5.80. The van der Waals surface area contributed by atoms with Crippen molar-refractivity contribution in [3.05, 3.63) is 35.4 Å². The number of hydrogen-bond donors (Lipinski definition) is 1. The molecule has 180 valence electrons. The molecule has 0 aliphatic carbocycles. The Labute approximate surface area is 209 Å². The standard InChI is InChI=1S/C23H37N5O3.HI/c1-19-7-4-5-8-20(19)21-18-28(13-16-31-21)23(25-17-22(29)26(2)3)24-9-6-10-27-11-14-30-15-12-27;/h4-5,7-8,21H,6,9-18H2,1-3H3,(H,24,25);1H. The number of likely N-dealkylation sites (N-methyl/N-ethyl adjacent to an activating group) is 1. The van der Waals surface area contributed by atoms with Crippen molar-refractivity contribution in [3.63, 3.8) is 0 Å². The van der Waals surface area contributed by atoms with E-state index in [1.165, 1.54) is 11.1 Å². The summed E-state index contributed by atoms with van der Waals surface area (Å²) in [7, 11) is 3.52. The van der Waals surface area contributed by atoms with E-state index in [1.54, 1.807) is 19.0 Å². The monoisotopic (exact) mass is 559 g/mol. The van der Waals surface area contributed by atoms with Gasteiger partial charge in [-0.2, -0.15) is 0 Å². The van der Waals surface area contributed by atoms with Gasteiger partial charge in [0.05, 0.1) is 26.4 Å². The number of rotatable bonds is 7. The van der Waals surface area contributed by atoms with E-state index in [0.29, 0.717) is 6.61 Å². The molecule has 0 radical (unpaired) electrons. The Kier molecular flexibility index (Phi) is 11.7. The lowest BCUT2D eigenvalue weighted by molar-refractivity contribution is -0.127. The van der Waals surface area contributed by atoms with Gasteiger partial charge in [-0.05, 0) is 31.0 Å². The summed E-state index contributed by atoms with van der Waals surface area (Å²) < 4.78 is 11.5. The van der Waals surface area contributed by atoms with E-state index in [0.717, 1.165) is 64.9 Å². The lowest BCUT2D eigenvalue weighted by atomic mass is 10.0. The molecule has 0 spiro atoms. The van der Waals surface area contributed by atoms with Crippen molar-refractivity contribution in [1.29, 1.82) is 0 Å². The molecule has 9 heteroatoms. The second-order valence-corrected chi connectivity index (χ2v) is 8.32. The second-order valence-electron chi connectivity index (χ2n) is 8.32. The topological polar surface area (TPSA) is 69.6 Å². The third-order valence-electron chi connectivity index (χ3n) is 5.80. The molecule has 1 amide bonds. The first-order chi connectivity index (χ1) is 15.0. The molecule has 1 unspecified atom stereocenters. The van der Waals surface area contributed by atoms with Crippen molar-refractivity contribution in [3.8, 4) is 0 Å². The van der Waals surface area contributed by atoms with E-state index in [2.05, 4.69) is 51.3 Å². The molecule has 32 heavy (non-hydrogen) atoms. The smallest absolute Gasteiger partial charge is 0.243 e. The van der Waals surface area contributed by atoms with Crippen LogP contribution in [-0.4, -0.2) is 106 Å². The number of aryl methyl sites for hydroxylation is 1. The fourth-order valence-corrected chi connectivity index (χ4v) is 3.86. The molecule has 0 bridgehead atoms. The maximum atomic E-state index is 12.1. The van der Waals surface area contributed by atoms with Crippen LogP contribution in [0.2, 0.25) is 0 Å². The number of nitrogens with zero attached hydrogens (tertiary/aromatic N) is 4. The molecule has 1 aromatic rings. The summed E-state index contributed by atoms with van der Waals surface area (Å²) >= 11 is 0. The minimum Gasteiger partial charge on any atom is -0.379 e. The molecule has 1 atom stereocenters. The average molecular weight is 559 g/mol. The molecule has 1 N–H and O–H groups in total. The van der Waals surface area contributed by atoms with Crippen molar-refractivity contribution in [2.24, 2.45) is 4.99 Å². The second kappa shape index (κ2) is 14.0. The van der Waals surface area contributed by atoms with E-state index in [9.17, 15) is 4.79 Å². The Bertz CT molecular complexity index is 740. The Morgan fingerprint density at radius 1 is 1.19 bits per heavy atom. The summed E-state index contributed by atoms with van der Waals surface area (Å²) in [4.78, 5) is 23.0. The predicted molar refractivity (Wildman–Crippen MR) is 138 cm³/mol. The number of nitrogens with one attached hydrogen (secondary N) is 1. The van der Waals surface area contributed by atoms with Crippen molar-refractivity contribution in [2.75, 3.05) is 79.7 Å². The molecule has 2 saturated heterocycles. The fraction of sp³-hybridized carbons (Fsp3) is 0.652. The number of benzene rings is 1. The van der Waals surface area contributed by atoms with Crippen LogP contribution < -0.4 is 5.32 Å². The van der Waals surface area contributed by atoms with Gasteiger partial charge in [-0.3, -0.25) is 9.69 Å². The number of ether oxygens (including phenoxy) is 2. The van der Waals surface area contributed by atoms with Gasteiger partial charge in [0.2, 0.25) is 5.91 Å². The third kappa shape index (κ3) is 8.17. The van der Waals surface area contributed by atoms with E-state index < -0.39 is 0 Å². The molecule has 2 fully saturated rings. The lowest BCUT2D eigenvalue weighted by Gasteiger charge is -2.36. The molecule has 2 aliphatic rings. The van der Waals surface area contributed by atoms with Crippen LogP contribution >= 0.6 is 24.0 Å². The van der Waals surface area contributed by atoms with E-state index in [1.807, 2.05) is 0 Å². The first-order valence-corrected chi connectivity index (χ1v) is 11.2. The van der Waals surface area contributed by atoms with Crippen LogP contribution in [-0.2, 0) is 14.3 Å². The maximum Gasteiger partial charge on any atom is 0.243 e.